The van der Waals surface area contributed by atoms with E-state index in [0.29, 0.717) is 0 Å². The van der Waals surface area contributed by atoms with E-state index in [1.54, 1.807) is 0 Å². The topological polar surface area (TPSA) is 58.2 Å². The minimum atomic E-state index is -0.186. The monoisotopic (exact) mass is 725 g/mol. The SMILES string of the molecule is CCCCCCCCCCCCCCCCCCNC(=O)C(C)c1ccc(C(C)C(=O)NCCCCCCCCCCCCCCCCCC)cc1. The van der Waals surface area contributed by atoms with E-state index < -0.39 is 0 Å². The molecule has 2 unspecified atom stereocenters. The average molecular weight is 725 g/mol. The van der Waals surface area contributed by atoms with Crippen molar-refractivity contribution in [2.75, 3.05) is 13.1 Å². The summed E-state index contributed by atoms with van der Waals surface area (Å²) in [4.78, 5) is 25.6. The standard InChI is InChI=1S/C48H88N2O2/c1-5-7-9-11-13-15-17-19-21-23-25-27-29-31-33-35-41-49-47(51)43(3)45-37-39-46(40-38-45)44(4)48(52)50-42-36-34-32-30-28-26-24-22-20-18-16-14-12-10-8-6-2/h37-40,43-44H,5-36,41-42H2,1-4H3,(H,49,51)(H,50,52). The molecule has 0 aliphatic rings. The van der Waals surface area contributed by atoms with Crippen LogP contribution in [0.15, 0.2) is 24.3 Å². The summed E-state index contributed by atoms with van der Waals surface area (Å²) < 4.78 is 0. The van der Waals surface area contributed by atoms with Gasteiger partial charge in [0.25, 0.3) is 0 Å². The zero-order valence-electron chi connectivity index (χ0n) is 35.3. The van der Waals surface area contributed by atoms with Gasteiger partial charge in [0.05, 0.1) is 11.8 Å². The van der Waals surface area contributed by atoms with Crippen LogP contribution in [0.2, 0.25) is 0 Å². The van der Waals surface area contributed by atoms with Crippen molar-refractivity contribution < 1.29 is 9.59 Å². The molecule has 0 aliphatic heterocycles. The number of carbonyl (C=O) groups excluding carboxylic acids is 2. The molecule has 2 atom stereocenters. The average Bonchev–Trinajstić information content (AvgIpc) is 3.16. The maximum atomic E-state index is 12.8. The molecule has 4 heteroatoms. The molecule has 1 aromatic carbocycles. The molecule has 0 fully saturated rings. The Morgan fingerprint density at radius 3 is 0.769 bits per heavy atom. The van der Waals surface area contributed by atoms with Crippen LogP contribution in [0.25, 0.3) is 0 Å². The fourth-order valence-corrected chi connectivity index (χ4v) is 7.45. The first-order valence-electron chi connectivity index (χ1n) is 23.2. The highest BCUT2D eigenvalue weighted by Crippen LogP contribution is 2.21. The van der Waals surface area contributed by atoms with Gasteiger partial charge in [0.15, 0.2) is 0 Å². The molecule has 1 rings (SSSR count). The van der Waals surface area contributed by atoms with Gasteiger partial charge in [-0.25, -0.2) is 0 Å². The summed E-state index contributed by atoms with van der Waals surface area (Å²) in [7, 11) is 0. The lowest BCUT2D eigenvalue weighted by molar-refractivity contribution is -0.123. The fraction of sp³-hybridized carbons (Fsp3) is 0.833. The van der Waals surface area contributed by atoms with E-state index in [1.165, 1.54) is 193 Å². The molecule has 302 valence electrons. The van der Waals surface area contributed by atoms with Crippen LogP contribution >= 0.6 is 0 Å². The van der Waals surface area contributed by atoms with E-state index in [0.717, 1.165) is 37.1 Å². The molecule has 0 saturated heterocycles. The highest BCUT2D eigenvalue weighted by molar-refractivity contribution is 5.84. The second-order valence-corrected chi connectivity index (χ2v) is 16.3. The molecule has 0 aliphatic carbocycles. The Balaban J connectivity index is 2.01. The predicted molar refractivity (Wildman–Crippen MR) is 228 cm³/mol. The number of hydrogen-bond acceptors (Lipinski definition) is 2. The van der Waals surface area contributed by atoms with Gasteiger partial charge in [-0.1, -0.05) is 231 Å². The first kappa shape index (κ1) is 48.2. The third-order valence-corrected chi connectivity index (χ3v) is 11.4. The summed E-state index contributed by atoms with van der Waals surface area (Å²) in [6.45, 7) is 10.1. The van der Waals surface area contributed by atoms with Crippen molar-refractivity contribution in [3.8, 4) is 0 Å². The van der Waals surface area contributed by atoms with E-state index >= 15 is 0 Å². The van der Waals surface area contributed by atoms with Crippen LogP contribution in [0.5, 0.6) is 0 Å². The Bertz CT molecular complexity index is 854. The van der Waals surface area contributed by atoms with E-state index in [2.05, 4.69) is 24.5 Å². The normalized spacial score (nSPS) is 12.5. The summed E-state index contributed by atoms with van der Waals surface area (Å²) in [6, 6.07) is 8.09. The molecule has 52 heavy (non-hydrogen) atoms. The maximum absolute atomic E-state index is 12.8. The number of rotatable bonds is 38. The molecule has 2 amide bonds. The Labute approximate surface area is 324 Å². The van der Waals surface area contributed by atoms with Crippen molar-refractivity contribution in [3.05, 3.63) is 35.4 Å². The van der Waals surface area contributed by atoms with Crippen molar-refractivity contribution in [2.24, 2.45) is 0 Å². The maximum Gasteiger partial charge on any atom is 0.227 e. The van der Waals surface area contributed by atoms with Crippen molar-refractivity contribution in [1.29, 1.82) is 0 Å². The van der Waals surface area contributed by atoms with Crippen LogP contribution in [-0.4, -0.2) is 24.9 Å². The third-order valence-electron chi connectivity index (χ3n) is 11.4. The molecule has 0 bridgehead atoms. The van der Waals surface area contributed by atoms with Crippen LogP contribution in [0, 0.1) is 0 Å². The highest BCUT2D eigenvalue weighted by atomic mass is 16.2. The number of hydrogen-bond donors (Lipinski definition) is 2. The molecule has 0 heterocycles. The van der Waals surface area contributed by atoms with Crippen molar-refractivity contribution in [2.45, 2.75) is 245 Å². The number of nitrogens with one attached hydrogen (secondary N) is 2. The molecule has 1 aromatic rings. The Morgan fingerprint density at radius 2 is 0.558 bits per heavy atom. The molecule has 0 aromatic heterocycles. The summed E-state index contributed by atoms with van der Waals surface area (Å²) in [5.74, 6) is -0.181. The molecule has 0 saturated carbocycles. The lowest BCUT2D eigenvalue weighted by Gasteiger charge is -2.16. The van der Waals surface area contributed by atoms with Crippen LogP contribution in [-0.2, 0) is 9.59 Å². The number of carbonyl (C=O) groups is 2. The summed E-state index contributed by atoms with van der Waals surface area (Å²) in [5, 5.41) is 6.29. The van der Waals surface area contributed by atoms with Crippen LogP contribution in [0.1, 0.15) is 256 Å². The minimum absolute atomic E-state index is 0.0957. The van der Waals surface area contributed by atoms with Gasteiger partial charge in [-0.2, -0.15) is 0 Å². The van der Waals surface area contributed by atoms with Crippen molar-refractivity contribution in [3.63, 3.8) is 0 Å². The van der Waals surface area contributed by atoms with Crippen LogP contribution < -0.4 is 10.6 Å². The van der Waals surface area contributed by atoms with Crippen molar-refractivity contribution >= 4 is 11.8 Å². The molecule has 0 radical (unpaired) electrons. The number of unbranched alkanes of at least 4 members (excludes halogenated alkanes) is 30. The predicted octanol–water partition coefficient (Wildman–Crippen LogP) is 14.6. The van der Waals surface area contributed by atoms with E-state index in [1.807, 2.05) is 38.1 Å². The van der Waals surface area contributed by atoms with E-state index in [-0.39, 0.29) is 23.7 Å². The summed E-state index contributed by atoms with van der Waals surface area (Å²) in [5.41, 5.74) is 2.02. The Morgan fingerprint density at radius 1 is 0.365 bits per heavy atom. The quantitative estimate of drug-likeness (QED) is 0.0667. The molecule has 0 spiro atoms. The van der Waals surface area contributed by atoms with Crippen LogP contribution in [0.3, 0.4) is 0 Å². The molecule has 2 N–H and O–H groups in total. The number of benzene rings is 1. The van der Waals surface area contributed by atoms with Crippen LogP contribution in [0.4, 0.5) is 0 Å². The molecular weight excluding hydrogens is 637 g/mol. The lowest BCUT2D eigenvalue weighted by Crippen LogP contribution is -2.29. The first-order chi connectivity index (χ1) is 25.5. The largest absolute Gasteiger partial charge is 0.356 e. The van der Waals surface area contributed by atoms with E-state index in [9.17, 15) is 9.59 Å². The zero-order chi connectivity index (χ0) is 37.7. The van der Waals surface area contributed by atoms with Gasteiger partial charge < -0.3 is 10.6 Å². The summed E-state index contributed by atoms with van der Waals surface area (Å²) >= 11 is 0. The van der Waals surface area contributed by atoms with Gasteiger partial charge >= 0.3 is 0 Å². The summed E-state index contributed by atoms with van der Waals surface area (Å²) in [6.07, 6.45) is 43.5. The third kappa shape index (κ3) is 27.7. The number of amides is 2. The Kier molecular flexibility index (Phi) is 33.5. The highest BCUT2D eigenvalue weighted by Gasteiger charge is 2.18. The smallest absolute Gasteiger partial charge is 0.227 e. The van der Waals surface area contributed by atoms with Gasteiger partial charge in [0, 0.05) is 13.1 Å². The second kappa shape index (κ2) is 36.2. The van der Waals surface area contributed by atoms with Gasteiger partial charge in [0.1, 0.15) is 0 Å². The van der Waals surface area contributed by atoms with Gasteiger partial charge in [0.2, 0.25) is 11.8 Å². The van der Waals surface area contributed by atoms with Crippen molar-refractivity contribution in [1.82, 2.24) is 10.6 Å². The van der Waals surface area contributed by atoms with Gasteiger partial charge in [-0.05, 0) is 37.8 Å². The second-order valence-electron chi connectivity index (χ2n) is 16.3. The van der Waals surface area contributed by atoms with E-state index in [4.69, 9.17) is 0 Å². The molecular formula is C48H88N2O2. The minimum Gasteiger partial charge on any atom is -0.356 e. The zero-order valence-corrected chi connectivity index (χ0v) is 35.3. The van der Waals surface area contributed by atoms with Gasteiger partial charge in [-0.3, -0.25) is 9.59 Å². The first-order valence-corrected chi connectivity index (χ1v) is 23.2. The van der Waals surface area contributed by atoms with Gasteiger partial charge in [-0.15, -0.1) is 0 Å². The molecule has 4 nitrogen and oxygen atoms in total. The fourth-order valence-electron chi connectivity index (χ4n) is 7.45. The lowest BCUT2D eigenvalue weighted by atomic mass is 9.94. The Hall–Kier alpha value is -1.84.